The van der Waals surface area contributed by atoms with Crippen molar-refractivity contribution < 1.29 is 32.2 Å². The molecule has 0 radical (unpaired) electrons. The fraction of sp³-hybridized carbons (Fsp3) is 0.231. The average molecular weight is 498 g/mol. The lowest BCUT2D eigenvalue weighted by Crippen LogP contribution is -2.26. The van der Waals surface area contributed by atoms with Gasteiger partial charge in [-0.25, -0.2) is 13.2 Å². The van der Waals surface area contributed by atoms with E-state index in [4.69, 9.17) is 14.2 Å². The number of sulfonamides is 1. The summed E-state index contributed by atoms with van der Waals surface area (Å²) in [6.45, 7) is 3.53. The number of esters is 1. The molecule has 0 aliphatic heterocycles. The molecule has 35 heavy (non-hydrogen) atoms. The van der Waals surface area contributed by atoms with Gasteiger partial charge < -0.3 is 14.2 Å². The molecule has 3 aromatic rings. The number of Topliss-reactive ketones (excluding diaryl/α,β-unsaturated/α-hetero) is 1. The number of benzene rings is 3. The van der Waals surface area contributed by atoms with Crippen LogP contribution in [0.1, 0.15) is 40.1 Å². The topological polar surface area (TPSA) is 99.2 Å². The minimum absolute atomic E-state index is 0.0566. The maximum Gasteiger partial charge on any atom is 0.338 e. The van der Waals surface area contributed by atoms with E-state index in [-0.39, 0.29) is 22.8 Å². The van der Waals surface area contributed by atoms with Gasteiger partial charge in [-0.1, -0.05) is 6.07 Å². The summed E-state index contributed by atoms with van der Waals surface area (Å²) in [5.41, 5.74) is 1.52. The highest BCUT2D eigenvalue weighted by Gasteiger charge is 2.23. The lowest BCUT2D eigenvalue weighted by Gasteiger charge is -2.20. The molecule has 3 aromatic carbocycles. The Kier molecular flexibility index (Phi) is 8.14. The molecule has 0 spiro atoms. The van der Waals surface area contributed by atoms with Crippen LogP contribution >= 0.6 is 0 Å². The van der Waals surface area contributed by atoms with Crippen LogP contribution in [0.4, 0.5) is 5.69 Å². The molecule has 184 valence electrons. The zero-order chi connectivity index (χ0) is 25.6. The second-order valence-corrected chi connectivity index (χ2v) is 9.56. The summed E-state index contributed by atoms with van der Waals surface area (Å²) in [5, 5.41) is 0. The quantitative estimate of drug-likeness (QED) is 0.301. The Morgan fingerprint density at radius 1 is 0.943 bits per heavy atom. The lowest BCUT2D eigenvalue weighted by atomic mass is 10.1. The molecule has 0 unspecified atom stereocenters. The molecule has 0 aromatic heterocycles. The van der Waals surface area contributed by atoms with Crippen molar-refractivity contribution in [2.24, 2.45) is 0 Å². The van der Waals surface area contributed by atoms with Crippen LogP contribution in [-0.4, -0.2) is 40.9 Å². The molecular weight excluding hydrogens is 470 g/mol. The summed E-state index contributed by atoms with van der Waals surface area (Å²) in [7, 11) is -0.981. The highest BCUT2D eigenvalue weighted by molar-refractivity contribution is 7.92. The number of hydrogen-bond acceptors (Lipinski definition) is 7. The van der Waals surface area contributed by atoms with Crippen molar-refractivity contribution in [3.63, 3.8) is 0 Å². The van der Waals surface area contributed by atoms with Gasteiger partial charge in [-0.05, 0) is 74.5 Å². The molecule has 0 aliphatic rings. The number of carbonyl (C=O) groups excluding carboxylic acids is 2. The Bertz CT molecular complexity index is 1320. The van der Waals surface area contributed by atoms with Gasteiger partial charge in [-0.2, -0.15) is 0 Å². The van der Waals surface area contributed by atoms with E-state index in [9.17, 15) is 18.0 Å². The fourth-order valence-electron chi connectivity index (χ4n) is 3.31. The van der Waals surface area contributed by atoms with E-state index in [1.807, 2.05) is 6.92 Å². The molecular formula is C26H27NO7S. The van der Waals surface area contributed by atoms with Crippen LogP contribution in [0.3, 0.4) is 0 Å². The van der Waals surface area contributed by atoms with Gasteiger partial charge in [-0.3, -0.25) is 9.10 Å². The predicted octanol–water partition coefficient (Wildman–Crippen LogP) is 4.48. The third-order valence-electron chi connectivity index (χ3n) is 5.29. The number of hydrogen-bond donors (Lipinski definition) is 0. The Labute approximate surface area is 205 Å². The van der Waals surface area contributed by atoms with Crippen molar-refractivity contribution in [1.82, 2.24) is 0 Å². The standard InChI is InChI=1S/C26H27NO7S/c1-5-33-25-14-9-19(18(2)28)15-21(25)17-34-26(29)20-7-6-8-24(16-20)35(30,31)27(3)22-10-12-23(32-4)13-11-22/h6-16H,5,17H2,1-4H3. The first-order chi connectivity index (χ1) is 16.7. The Morgan fingerprint density at radius 3 is 2.29 bits per heavy atom. The molecule has 0 aliphatic carbocycles. The molecule has 0 fully saturated rings. The summed E-state index contributed by atoms with van der Waals surface area (Å²) in [6.07, 6.45) is 0. The maximum atomic E-state index is 13.2. The van der Waals surface area contributed by atoms with Crippen LogP contribution in [0.25, 0.3) is 0 Å². The first-order valence-corrected chi connectivity index (χ1v) is 12.3. The van der Waals surface area contributed by atoms with Gasteiger partial charge in [-0.15, -0.1) is 0 Å². The highest BCUT2D eigenvalue weighted by atomic mass is 32.2. The van der Waals surface area contributed by atoms with Gasteiger partial charge >= 0.3 is 5.97 Å². The summed E-state index contributed by atoms with van der Waals surface area (Å²) in [4.78, 5) is 24.4. The predicted molar refractivity (Wildman–Crippen MR) is 132 cm³/mol. The fourth-order valence-corrected chi connectivity index (χ4v) is 4.55. The molecule has 3 rings (SSSR count). The van der Waals surface area contributed by atoms with Crippen molar-refractivity contribution >= 4 is 27.5 Å². The molecule has 8 nitrogen and oxygen atoms in total. The number of ketones is 1. The monoisotopic (exact) mass is 497 g/mol. The number of anilines is 1. The second-order valence-electron chi connectivity index (χ2n) is 7.59. The van der Waals surface area contributed by atoms with Crippen molar-refractivity contribution in [2.75, 3.05) is 25.1 Å². The molecule has 0 bridgehead atoms. The normalized spacial score (nSPS) is 11.0. The molecule has 0 N–H and O–H groups in total. The molecule has 0 heterocycles. The van der Waals surface area contributed by atoms with Gasteiger partial charge in [0.05, 0.1) is 29.9 Å². The Balaban J connectivity index is 1.80. The molecule has 0 amide bonds. The van der Waals surface area contributed by atoms with Crippen molar-refractivity contribution in [1.29, 1.82) is 0 Å². The minimum atomic E-state index is -3.94. The SMILES string of the molecule is CCOc1ccc(C(C)=O)cc1COC(=O)c1cccc(S(=O)(=O)N(C)c2ccc(OC)cc2)c1. The van der Waals surface area contributed by atoms with E-state index in [1.54, 1.807) is 42.5 Å². The average Bonchev–Trinajstić information content (AvgIpc) is 2.87. The van der Waals surface area contributed by atoms with Crippen molar-refractivity contribution in [2.45, 2.75) is 25.3 Å². The summed E-state index contributed by atoms with van der Waals surface area (Å²) in [5.74, 6) is 0.276. The van der Waals surface area contributed by atoms with Gasteiger partial charge in [0.15, 0.2) is 5.78 Å². The lowest BCUT2D eigenvalue weighted by molar-refractivity contribution is 0.0469. The zero-order valence-electron chi connectivity index (χ0n) is 20.0. The van der Waals surface area contributed by atoms with Crippen LogP contribution in [0.2, 0.25) is 0 Å². The van der Waals surface area contributed by atoms with E-state index in [0.717, 1.165) is 4.31 Å². The van der Waals surface area contributed by atoms with Gasteiger partial charge in [0.2, 0.25) is 0 Å². The summed E-state index contributed by atoms with van der Waals surface area (Å²) in [6, 6.07) is 17.1. The van der Waals surface area contributed by atoms with Gasteiger partial charge in [0.1, 0.15) is 18.1 Å². The Hall–Kier alpha value is -3.85. The molecule has 0 atom stereocenters. The van der Waals surface area contributed by atoms with E-state index >= 15 is 0 Å². The summed E-state index contributed by atoms with van der Waals surface area (Å²) < 4.78 is 43.5. The first kappa shape index (κ1) is 25.8. The summed E-state index contributed by atoms with van der Waals surface area (Å²) >= 11 is 0. The second kappa shape index (κ2) is 11.1. The van der Waals surface area contributed by atoms with Crippen molar-refractivity contribution in [3.8, 4) is 11.5 Å². The van der Waals surface area contributed by atoms with E-state index in [1.165, 1.54) is 45.3 Å². The van der Waals surface area contributed by atoms with Gasteiger partial charge in [0, 0.05) is 18.2 Å². The third-order valence-corrected chi connectivity index (χ3v) is 7.07. The third kappa shape index (κ3) is 5.99. The van der Waals surface area contributed by atoms with Gasteiger partial charge in [0.25, 0.3) is 10.0 Å². The zero-order valence-corrected chi connectivity index (χ0v) is 20.8. The smallest absolute Gasteiger partial charge is 0.338 e. The van der Waals surface area contributed by atoms with Crippen molar-refractivity contribution in [3.05, 3.63) is 83.4 Å². The van der Waals surface area contributed by atoms with Crippen LogP contribution in [0.15, 0.2) is 71.6 Å². The molecule has 9 heteroatoms. The largest absolute Gasteiger partial charge is 0.497 e. The highest BCUT2D eigenvalue weighted by Crippen LogP contribution is 2.26. The van der Waals surface area contributed by atoms with Crippen LogP contribution in [0, 0.1) is 0 Å². The van der Waals surface area contributed by atoms with E-state index in [2.05, 4.69) is 0 Å². The molecule has 0 saturated carbocycles. The number of methoxy groups -OCH3 is 1. The number of ether oxygens (including phenoxy) is 3. The number of rotatable bonds is 10. The van der Waals surface area contributed by atoms with Crippen LogP contribution < -0.4 is 13.8 Å². The van der Waals surface area contributed by atoms with E-state index < -0.39 is 16.0 Å². The maximum absolute atomic E-state index is 13.2. The first-order valence-electron chi connectivity index (χ1n) is 10.8. The molecule has 0 saturated heterocycles. The number of nitrogens with zero attached hydrogens (tertiary/aromatic N) is 1. The van der Waals surface area contributed by atoms with E-state index in [0.29, 0.717) is 34.9 Å². The van der Waals surface area contributed by atoms with Crippen LogP contribution in [-0.2, 0) is 21.4 Å². The van der Waals surface area contributed by atoms with Crippen LogP contribution in [0.5, 0.6) is 11.5 Å². The Morgan fingerprint density at radius 2 is 1.66 bits per heavy atom. The minimum Gasteiger partial charge on any atom is -0.497 e. The number of carbonyl (C=O) groups is 2.